The highest BCUT2D eigenvalue weighted by atomic mass is 16.4. The fourth-order valence-corrected chi connectivity index (χ4v) is 1.82. The Balaban J connectivity index is 0.000000383. The Kier molecular flexibility index (Phi) is 6.17. The van der Waals surface area contributed by atoms with Gasteiger partial charge in [-0.15, -0.1) is 0 Å². The zero-order valence-corrected chi connectivity index (χ0v) is 11.7. The van der Waals surface area contributed by atoms with Crippen molar-refractivity contribution in [2.75, 3.05) is 0 Å². The van der Waals surface area contributed by atoms with Crippen molar-refractivity contribution in [1.82, 2.24) is 0 Å². The number of aliphatic carboxylic acids is 1. The molecule has 2 rings (SSSR count). The molecule has 3 N–H and O–H groups in total. The SMILES string of the molecule is C=CC(=O)O.CC(O)c1cccc(O)c1-c1ccccc1. The average molecular weight is 286 g/mol. The first-order valence-electron chi connectivity index (χ1n) is 6.38. The summed E-state index contributed by atoms with van der Waals surface area (Å²) in [6.45, 7) is 4.66. The van der Waals surface area contributed by atoms with E-state index in [1.165, 1.54) is 0 Å². The lowest BCUT2D eigenvalue weighted by Gasteiger charge is -2.13. The largest absolute Gasteiger partial charge is 0.507 e. The summed E-state index contributed by atoms with van der Waals surface area (Å²) >= 11 is 0. The van der Waals surface area contributed by atoms with E-state index >= 15 is 0 Å². The highest BCUT2D eigenvalue weighted by molar-refractivity contribution is 5.78. The molecule has 0 radical (unpaired) electrons. The number of aromatic hydroxyl groups is 1. The molecule has 0 aliphatic heterocycles. The third-order valence-electron chi connectivity index (χ3n) is 2.76. The van der Waals surface area contributed by atoms with Gasteiger partial charge in [0.1, 0.15) is 5.75 Å². The molecule has 1 unspecified atom stereocenters. The van der Waals surface area contributed by atoms with Crippen LogP contribution < -0.4 is 0 Å². The van der Waals surface area contributed by atoms with Crippen molar-refractivity contribution < 1.29 is 20.1 Å². The van der Waals surface area contributed by atoms with Crippen molar-refractivity contribution in [3.8, 4) is 16.9 Å². The number of aliphatic hydroxyl groups excluding tert-OH is 1. The standard InChI is InChI=1S/C14H14O2.C3H4O2/c1-10(15)12-8-5-9-13(16)14(12)11-6-3-2-4-7-11;1-2-3(4)5/h2-10,15-16H,1H3;2H,1H2,(H,4,5). The molecule has 4 heteroatoms. The molecule has 2 aromatic rings. The summed E-state index contributed by atoms with van der Waals surface area (Å²) in [5.74, 6) is -0.783. The minimum Gasteiger partial charge on any atom is -0.507 e. The maximum atomic E-state index is 9.88. The summed E-state index contributed by atoms with van der Waals surface area (Å²) in [6, 6.07) is 14.8. The third kappa shape index (κ3) is 4.78. The Hall–Kier alpha value is -2.59. The number of carbonyl (C=O) groups is 1. The quantitative estimate of drug-likeness (QED) is 0.756. The lowest BCUT2D eigenvalue weighted by Crippen LogP contribution is -1.95. The van der Waals surface area contributed by atoms with Gasteiger partial charge in [0, 0.05) is 11.6 Å². The van der Waals surface area contributed by atoms with Crippen LogP contribution in [0.5, 0.6) is 5.75 Å². The van der Waals surface area contributed by atoms with Crippen LogP contribution in [0.2, 0.25) is 0 Å². The zero-order chi connectivity index (χ0) is 15.8. The zero-order valence-electron chi connectivity index (χ0n) is 11.7. The molecule has 0 saturated heterocycles. The molecule has 0 spiro atoms. The van der Waals surface area contributed by atoms with E-state index in [0.717, 1.165) is 17.2 Å². The van der Waals surface area contributed by atoms with Gasteiger partial charge in [0.2, 0.25) is 0 Å². The van der Waals surface area contributed by atoms with E-state index in [1.54, 1.807) is 19.1 Å². The van der Waals surface area contributed by atoms with Crippen molar-refractivity contribution >= 4 is 5.97 Å². The van der Waals surface area contributed by atoms with Crippen LogP contribution in [-0.2, 0) is 4.79 Å². The Morgan fingerprint density at radius 3 is 2.19 bits per heavy atom. The first-order chi connectivity index (χ1) is 9.97. The molecule has 0 heterocycles. The van der Waals surface area contributed by atoms with Gasteiger partial charge >= 0.3 is 5.97 Å². The first-order valence-corrected chi connectivity index (χ1v) is 6.38. The van der Waals surface area contributed by atoms with Gasteiger partial charge in [-0.3, -0.25) is 0 Å². The molecule has 0 fully saturated rings. The van der Waals surface area contributed by atoms with Gasteiger partial charge in [0.05, 0.1) is 6.10 Å². The van der Waals surface area contributed by atoms with E-state index in [-0.39, 0.29) is 5.75 Å². The van der Waals surface area contributed by atoms with Crippen molar-refractivity contribution in [3.63, 3.8) is 0 Å². The molecule has 21 heavy (non-hydrogen) atoms. The van der Waals surface area contributed by atoms with Gasteiger partial charge in [-0.2, -0.15) is 0 Å². The van der Waals surface area contributed by atoms with E-state index in [4.69, 9.17) is 5.11 Å². The van der Waals surface area contributed by atoms with Crippen molar-refractivity contribution in [3.05, 3.63) is 66.7 Å². The minimum absolute atomic E-state index is 0.199. The molecular weight excluding hydrogens is 268 g/mol. The number of carboxylic acids is 1. The normalized spacial score (nSPS) is 11.0. The van der Waals surface area contributed by atoms with Crippen molar-refractivity contribution in [2.24, 2.45) is 0 Å². The molecule has 1 atom stereocenters. The number of benzene rings is 2. The van der Waals surface area contributed by atoms with E-state index < -0.39 is 12.1 Å². The molecule has 4 nitrogen and oxygen atoms in total. The van der Waals surface area contributed by atoms with Crippen molar-refractivity contribution in [1.29, 1.82) is 0 Å². The molecule has 0 aliphatic rings. The number of hydrogen-bond donors (Lipinski definition) is 3. The van der Waals surface area contributed by atoms with Gasteiger partial charge in [0.15, 0.2) is 0 Å². The summed E-state index contributed by atoms with van der Waals surface area (Å²) in [4.78, 5) is 9.25. The summed E-state index contributed by atoms with van der Waals surface area (Å²) < 4.78 is 0. The Morgan fingerprint density at radius 2 is 1.71 bits per heavy atom. The number of carboxylic acid groups (broad SMARTS) is 1. The fraction of sp³-hybridized carbons (Fsp3) is 0.118. The highest BCUT2D eigenvalue weighted by Gasteiger charge is 2.12. The second kappa shape index (κ2) is 7.87. The molecule has 2 aromatic carbocycles. The van der Waals surface area contributed by atoms with Crippen molar-refractivity contribution in [2.45, 2.75) is 13.0 Å². The van der Waals surface area contributed by atoms with E-state index in [2.05, 4.69) is 6.58 Å². The number of rotatable bonds is 3. The summed E-state index contributed by atoms with van der Waals surface area (Å²) in [7, 11) is 0. The van der Waals surface area contributed by atoms with Gasteiger partial charge in [0.25, 0.3) is 0 Å². The average Bonchev–Trinajstić information content (AvgIpc) is 2.48. The molecule has 0 saturated carbocycles. The van der Waals surface area contributed by atoms with Crippen LogP contribution in [0.3, 0.4) is 0 Å². The maximum absolute atomic E-state index is 9.88. The van der Waals surface area contributed by atoms with E-state index in [1.807, 2.05) is 36.4 Å². The van der Waals surface area contributed by atoms with Crippen LogP contribution in [0.25, 0.3) is 11.1 Å². The van der Waals surface area contributed by atoms with E-state index in [9.17, 15) is 15.0 Å². The number of aliphatic hydroxyl groups is 1. The highest BCUT2D eigenvalue weighted by Crippen LogP contribution is 2.35. The van der Waals surface area contributed by atoms with Crippen LogP contribution in [0.1, 0.15) is 18.6 Å². The molecule has 0 aliphatic carbocycles. The summed E-state index contributed by atoms with van der Waals surface area (Å²) in [5, 5.41) is 27.2. The molecular formula is C17H18O4. The van der Waals surface area contributed by atoms with Crippen LogP contribution >= 0.6 is 0 Å². The Bertz CT molecular complexity index is 603. The molecule has 110 valence electrons. The predicted molar refractivity (Wildman–Crippen MR) is 82.0 cm³/mol. The Morgan fingerprint density at radius 1 is 1.14 bits per heavy atom. The lowest BCUT2D eigenvalue weighted by molar-refractivity contribution is -0.131. The van der Waals surface area contributed by atoms with Gasteiger partial charge in [-0.25, -0.2) is 4.79 Å². The van der Waals surface area contributed by atoms with Gasteiger partial charge < -0.3 is 15.3 Å². The molecule has 0 aromatic heterocycles. The summed E-state index contributed by atoms with van der Waals surface area (Å²) in [6.07, 6.45) is 0.238. The lowest BCUT2D eigenvalue weighted by atomic mass is 9.96. The third-order valence-corrected chi connectivity index (χ3v) is 2.76. The minimum atomic E-state index is -0.981. The fourth-order valence-electron chi connectivity index (χ4n) is 1.82. The van der Waals surface area contributed by atoms with Crippen LogP contribution in [0, 0.1) is 0 Å². The first kappa shape index (κ1) is 16.5. The van der Waals surface area contributed by atoms with Crippen LogP contribution in [0.4, 0.5) is 0 Å². The van der Waals surface area contributed by atoms with Gasteiger partial charge in [-0.1, -0.05) is 49.0 Å². The van der Waals surface area contributed by atoms with Crippen LogP contribution in [0.15, 0.2) is 61.2 Å². The summed E-state index contributed by atoms with van der Waals surface area (Å²) in [5.41, 5.74) is 2.36. The number of phenolic OH excluding ortho intramolecular Hbond substituents is 1. The smallest absolute Gasteiger partial charge is 0.327 e. The van der Waals surface area contributed by atoms with Gasteiger partial charge in [-0.05, 0) is 24.1 Å². The number of hydrogen-bond acceptors (Lipinski definition) is 3. The second-order valence-corrected chi connectivity index (χ2v) is 4.33. The number of phenols is 1. The topological polar surface area (TPSA) is 77.8 Å². The van der Waals surface area contributed by atoms with E-state index in [0.29, 0.717) is 5.56 Å². The molecule has 0 bridgehead atoms. The monoisotopic (exact) mass is 286 g/mol. The molecule has 0 amide bonds. The van der Waals surface area contributed by atoms with Crippen LogP contribution in [-0.4, -0.2) is 21.3 Å². The predicted octanol–water partition coefficient (Wildman–Crippen LogP) is 3.37. The maximum Gasteiger partial charge on any atom is 0.327 e. The Labute approximate surface area is 123 Å². The second-order valence-electron chi connectivity index (χ2n) is 4.33.